The molecule has 0 radical (unpaired) electrons. The Hall–Kier alpha value is -3.30. The van der Waals surface area contributed by atoms with Crippen molar-refractivity contribution in [1.82, 2.24) is 9.55 Å². The van der Waals surface area contributed by atoms with Crippen molar-refractivity contribution in [3.63, 3.8) is 0 Å². The highest BCUT2D eigenvalue weighted by Gasteiger charge is 2.14. The molecule has 2 heterocycles. The molecule has 0 unspecified atom stereocenters. The molecule has 0 saturated carbocycles. The first kappa shape index (κ1) is 21.9. The van der Waals surface area contributed by atoms with E-state index < -0.39 is 11.7 Å². The Morgan fingerprint density at radius 3 is 2.88 bits per heavy atom. The van der Waals surface area contributed by atoms with Gasteiger partial charge in [0, 0.05) is 42.6 Å². The summed E-state index contributed by atoms with van der Waals surface area (Å²) in [4.78, 5) is 28.6. The first-order valence-corrected chi connectivity index (χ1v) is 11.1. The number of anilines is 1. The molecule has 0 aliphatic rings. The lowest BCUT2D eigenvalue weighted by molar-refractivity contribution is 0.168. The summed E-state index contributed by atoms with van der Waals surface area (Å²) >= 11 is 1.55. The molecular weight excluding hydrogens is 430 g/mol. The van der Waals surface area contributed by atoms with Gasteiger partial charge in [-0.25, -0.2) is 14.6 Å². The number of nitrogens with zero attached hydrogens (tertiary/aromatic N) is 2. The second-order valence-electron chi connectivity index (χ2n) is 6.96. The molecule has 0 aliphatic carbocycles. The Morgan fingerprint density at radius 1 is 1.22 bits per heavy atom. The number of amides is 1. The largest absolute Gasteiger partial charge is 0.450 e. The monoisotopic (exact) mass is 453 g/mol. The summed E-state index contributed by atoms with van der Waals surface area (Å²) in [6.45, 7) is 3.25. The molecule has 8 nitrogen and oxygen atoms in total. The van der Waals surface area contributed by atoms with Crippen LogP contribution >= 0.6 is 11.8 Å². The number of benzene rings is 2. The molecule has 0 fully saturated rings. The molecule has 2 aromatic heterocycles. The zero-order chi connectivity index (χ0) is 22.5. The van der Waals surface area contributed by atoms with Gasteiger partial charge < -0.3 is 18.5 Å². The summed E-state index contributed by atoms with van der Waals surface area (Å²) in [5.74, 6) is 0.531. The van der Waals surface area contributed by atoms with Crippen molar-refractivity contribution in [3.8, 4) is 0 Å². The van der Waals surface area contributed by atoms with Gasteiger partial charge in [-0.3, -0.25) is 5.32 Å². The van der Waals surface area contributed by atoms with Crippen molar-refractivity contribution >= 4 is 45.5 Å². The van der Waals surface area contributed by atoms with E-state index in [2.05, 4.69) is 9.88 Å². The Bertz CT molecular complexity index is 1310. The van der Waals surface area contributed by atoms with Crippen LogP contribution in [0.25, 0.3) is 22.0 Å². The zero-order valence-corrected chi connectivity index (χ0v) is 18.6. The number of hydrogen-bond donors (Lipinski definition) is 1. The maximum Gasteiger partial charge on any atom is 0.411 e. The lowest BCUT2D eigenvalue weighted by atomic mass is 10.1. The first-order chi connectivity index (χ1) is 15.6. The van der Waals surface area contributed by atoms with Crippen LogP contribution in [0.2, 0.25) is 0 Å². The molecule has 0 atom stereocenters. The van der Waals surface area contributed by atoms with E-state index in [9.17, 15) is 9.59 Å². The van der Waals surface area contributed by atoms with Gasteiger partial charge in [0.2, 0.25) is 0 Å². The number of carbonyl (C=O) groups excluding carboxylic acids is 1. The van der Waals surface area contributed by atoms with E-state index in [1.54, 1.807) is 37.9 Å². The normalized spacial score (nSPS) is 11.2. The van der Waals surface area contributed by atoms with Gasteiger partial charge >= 0.3 is 11.7 Å². The molecule has 1 amide bonds. The maximum atomic E-state index is 12.2. The first-order valence-electron chi connectivity index (χ1n) is 10.2. The molecular formula is C23H23N3O5S. The second kappa shape index (κ2) is 9.88. The molecule has 0 aliphatic heterocycles. The molecule has 2 aromatic carbocycles. The molecule has 166 valence electrons. The van der Waals surface area contributed by atoms with Gasteiger partial charge in [-0.2, -0.15) is 0 Å². The molecule has 0 bridgehead atoms. The van der Waals surface area contributed by atoms with Gasteiger partial charge in [-0.15, -0.1) is 0 Å². The smallest absolute Gasteiger partial charge is 0.411 e. The number of ether oxygens (including phenoxy) is 2. The van der Waals surface area contributed by atoms with Crippen LogP contribution in [0.4, 0.5) is 10.5 Å². The Labute approximate surface area is 188 Å². The van der Waals surface area contributed by atoms with Crippen LogP contribution in [0.15, 0.2) is 62.9 Å². The van der Waals surface area contributed by atoms with Gasteiger partial charge in [0.05, 0.1) is 24.2 Å². The third kappa shape index (κ3) is 4.79. The Balaban J connectivity index is 1.62. The minimum atomic E-state index is -0.559. The predicted molar refractivity (Wildman–Crippen MR) is 124 cm³/mol. The highest BCUT2D eigenvalue weighted by Crippen LogP contribution is 2.30. The number of carbonyl (C=O) groups is 1. The zero-order valence-electron chi connectivity index (χ0n) is 17.8. The number of methoxy groups -OCH3 is 1. The minimum absolute atomic E-state index is 0.269. The van der Waals surface area contributed by atoms with E-state index in [-0.39, 0.29) is 6.61 Å². The number of rotatable bonds is 8. The Kier molecular flexibility index (Phi) is 6.77. The quantitative estimate of drug-likeness (QED) is 0.306. The van der Waals surface area contributed by atoms with Gasteiger partial charge in [0.25, 0.3) is 0 Å². The summed E-state index contributed by atoms with van der Waals surface area (Å²) in [7, 11) is 1.67. The summed E-state index contributed by atoms with van der Waals surface area (Å²) in [6, 6.07) is 14.7. The van der Waals surface area contributed by atoms with Crippen molar-refractivity contribution in [2.45, 2.75) is 24.4 Å². The van der Waals surface area contributed by atoms with Gasteiger partial charge in [-0.1, -0.05) is 23.9 Å². The molecule has 1 N–H and O–H groups in total. The van der Waals surface area contributed by atoms with E-state index in [0.29, 0.717) is 30.2 Å². The SMILES string of the molecule is CCOC(=O)Nc1ccc2c(CSc3nc4ccccc4n3CCOC)cc(=O)oc2c1. The standard InChI is InChI=1S/C23H23N3O5S/c1-3-30-23(28)24-16-8-9-17-15(12-21(27)31-20(17)13-16)14-32-22-25-18-6-4-5-7-19(18)26(22)10-11-29-2/h4-9,12-13H,3,10-11,14H2,1-2H3,(H,24,28). The summed E-state index contributed by atoms with van der Waals surface area (Å²) in [5.41, 5.74) is 3.22. The fourth-order valence-corrected chi connectivity index (χ4v) is 4.45. The number of para-hydroxylation sites is 2. The number of thioether (sulfide) groups is 1. The van der Waals surface area contributed by atoms with Gasteiger partial charge in [0.15, 0.2) is 5.16 Å². The van der Waals surface area contributed by atoms with Crippen molar-refractivity contribution in [2.24, 2.45) is 0 Å². The highest BCUT2D eigenvalue weighted by molar-refractivity contribution is 7.98. The lowest BCUT2D eigenvalue weighted by Crippen LogP contribution is -2.13. The van der Waals surface area contributed by atoms with E-state index >= 15 is 0 Å². The second-order valence-corrected chi connectivity index (χ2v) is 7.91. The molecule has 4 aromatic rings. The third-order valence-corrected chi connectivity index (χ3v) is 5.87. The number of nitrogens with one attached hydrogen (secondary N) is 1. The van der Waals surface area contributed by atoms with E-state index in [4.69, 9.17) is 18.9 Å². The van der Waals surface area contributed by atoms with Crippen molar-refractivity contribution < 1.29 is 18.7 Å². The number of hydrogen-bond acceptors (Lipinski definition) is 7. The van der Waals surface area contributed by atoms with E-state index in [1.807, 2.05) is 30.3 Å². The summed E-state index contributed by atoms with van der Waals surface area (Å²) in [6.07, 6.45) is -0.559. The fourth-order valence-electron chi connectivity index (χ4n) is 3.42. The molecule has 0 spiro atoms. The van der Waals surface area contributed by atoms with Crippen LogP contribution in [0.3, 0.4) is 0 Å². The number of imidazole rings is 1. The maximum absolute atomic E-state index is 12.2. The minimum Gasteiger partial charge on any atom is -0.450 e. The third-order valence-electron chi connectivity index (χ3n) is 4.85. The topological polar surface area (TPSA) is 95.6 Å². The summed E-state index contributed by atoms with van der Waals surface area (Å²) in [5, 5.41) is 4.27. The number of aromatic nitrogens is 2. The Morgan fingerprint density at radius 2 is 2.06 bits per heavy atom. The van der Waals surface area contributed by atoms with Crippen molar-refractivity contribution in [2.75, 3.05) is 25.6 Å². The van der Waals surface area contributed by atoms with Crippen LogP contribution in [-0.4, -0.2) is 36.0 Å². The fraction of sp³-hybridized carbons (Fsp3) is 0.261. The molecule has 32 heavy (non-hydrogen) atoms. The van der Waals surface area contributed by atoms with Crippen LogP contribution < -0.4 is 10.9 Å². The average molecular weight is 454 g/mol. The molecule has 0 saturated heterocycles. The number of fused-ring (bicyclic) bond motifs is 2. The predicted octanol–water partition coefficient (Wildman–Crippen LogP) is 4.65. The molecule has 4 rings (SSSR count). The van der Waals surface area contributed by atoms with Crippen molar-refractivity contribution in [1.29, 1.82) is 0 Å². The van der Waals surface area contributed by atoms with Crippen molar-refractivity contribution in [3.05, 3.63) is 64.5 Å². The van der Waals surface area contributed by atoms with Crippen LogP contribution in [0.5, 0.6) is 0 Å². The highest BCUT2D eigenvalue weighted by atomic mass is 32.2. The van der Waals surface area contributed by atoms with E-state index in [1.165, 1.54) is 6.07 Å². The van der Waals surface area contributed by atoms with Crippen LogP contribution in [-0.2, 0) is 21.8 Å². The van der Waals surface area contributed by atoms with E-state index in [0.717, 1.165) is 27.1 Å². The van der Waals surface area contributed by atoms with Crippen LogP contribution in [0, 0.1) is 0 Å². The summed E-state index contributed by atoms with van der Waals surface area (Å²) < 4.78 is 17.6. The lowest BCUT2D eigenvalue weighted by Gasteiger charge is -2.10. The average Bonchev–Trinajstić information content (AvgIpc) is 3.13. The van der Waals surface area contributed by atoms with Crippen LogP contribution in [0.1, 0.15) is 12.5 Å². The molecule has 9 heteroatoms. The van der Waals surface area contributed by atoms with Gasteiger partial charge in [0.1, 0.15) is 5.58 Å². The van der Waals surface area contributed by atoms with Gasteiger partial charge in [-0.05, 0) is 36.8 Å².